The molecule has 0 aliphatic heterocycles. The van der Waals surface area contributed by atoms with E-state index in [1.807, 2.05) is 13.8 Å². The first-order valence-electron chi connectivity index (χ1n) is 4.94. The van der Waals surface area contributed by atoms with Crippen molar-refractivity contribution in [2.75, 3.05) is 0 Å². The molecule has 2 aromatic heterocycles. The molecule has 2 heterocycles. The van der Waals surface area contributed by atoms with Crippen molar-refractivity contribution >= 4 is 40.1 Å². The fourth-order valence-corrected chi connectivity index (χ4v) is 3.26. The van der Waals surface area contributed by atoms with Gasteiger partial charge in [-0.05, 0) is 26.0 Å². The average Bonchev–Trinajstić information content (AvgIpc) is 2.79. The van der Waals surface area contributed by atoms with Crippen LogP contribution < -0.4 is 4.87 Å². The number of hydrogen-bond donors (Lipinski definition) is 0. The minimum atomic E-state index is -0.0870. The molecular formula is C11H10ClNO2S2. The van der Waals surface area contributed by atoms with Gasteiger partial charge in [-0.15, -0.1) is 11.3 Å². The lowest BCUT2D eigenvalue weighted by Crippen LogP contribution is -2.20. The first-order valence-corrected chi connectivity index (χ1v) is 6.95. The molecule has 90 valence electrons. The molecule has 0 fully saturated rings. The summed E-state index contributed by atoms with van der Waals surface area (Å²) in [7, 11) is 0. The van der Waals surface area contributed by atoms with Crippen LogP contribution in [0.25, 0.3) is 0 Å². The van der Waals surface area contributed by atoms with Crippen molar-refractivity contribution in [3.63, 3.8) is 0 Å². The van der Waals surface area contributed by atoms with Gasteiger partial charge in [0.25, 0.3) is 0 Å². The highest BCUT2D eigenvalue weighted by Crippen LogP contribution is 2.22. The van der Waals surface area contributed by atoms with E-state index in [9.17, 15) is 9.59 Å². The molecule has 0 amide bonds. The van der Waals surface area contributed by atoms with Crippen molar-refractivity contribution < 1.29 is 4.79 Å². The molecule has 3 nitrogen and oxygen atoms in total. The molecule has 0 spiro atoms. The summed E-state index contributed by atoms with van der Waals surface area (Å²) in [5.74, 6) is -0.0788. The Labute approximate surface area is 111 Å². The third-order valence-electron chi connectivity index (χ3n) is 2.52. The minimum Gasteiger partial charge on any atom is -0.295 e. The van der Waals surface area contributed by atoms with E-state index in [2.05, 4.69) is 0 Å². The van der Waals surface area contributed by atoms with Gasteiger partial charge in [0.1, 0.15) is 0 Å². The van der Waals surface area contributed by atoms with E-state index in [0.29, 0.717) is 9.21 Å². The quantitative estimate of drug-likeness (QED) is 0.814. The van der Waals surface area contributed by atoms with E-state index in [1.165, 1.54) is 27.2 Å². The van der Waals surface area contributed by atoms with E-state index >= 15 is 0 Å². The number of aromatic nitrogens is 1. The van der Waals surface area contributed by atoms with Gasteiger partial charge in [-0.3, -0.25) is 14.2 Å². The summed E-state index contributed by atoms with van der Waals surface area (Å²) < 4.78 is 2.09. The molecule has 0 saturated carbocycles. The Morgan fingerprint density at radius 1 is 1.35 bits per heavy atom. The highest BCUT2D eigenvalue weighted by molar-refractivity contribution is 7.18. The Balaban J connectivity index is 2.27. The summed E-state index contributed by atoms with van der Waals surface area (Å²) in [6.45, 7) is 3.82. The molecule has 0 radical (unpaired) electrons. The normalized spacial score (nSPS) is 10.8. The van der Waals surface area contributed by atoms with Crippen molar-refractivity contribution in [2.45, 2.75) is 20.4 Å². The molecule has 17 heavy (non-hydrogen) atoms. The van der Waals surface area contributed by atoms with Crippen molar-refractivity contribution in [2.24, 2.45) is 0 Å². The Bertz CT molecular complexity index is 624. The molecule has 0 aromatic carbocycles. The third-order valence-corrected chi connectivity index (χ3v) is 4.79. The van der Waals surface area contributed by atoms with Gasteiger partial charge in [-0.1, -0.05) is 22.9 Å². The van der Waals surface area contributed by atoms with Crippen molar-refractivity contribution in [1.82, 2.24) is 4.57 Å². The van der Waals surface area contributed by atoms with E-state index in [-0.39, 0.29) is 17.2 Å². The zero-order valence-electron chi connectivity index (χ0n) is 9.32. The molecule has 6 heteroatoms. The van der Waals surface area contributed by atoms with Gasteiger partial charge in [-0.25, -0.2) is 0 Å². The Kier molecular flexibility index (Phi) is 3.51. The first-order chi connectivity index (χ1) is 7.99. The zero-order valence-corrected chi connectivity index (χ0v) is 11.7. The molecule has 0 N–H and O–H groups in total. The molecule has 0 bridgehead atoms. The second kappa shape index (κ2) is 4.76. The smallest absolute Gasteiger partial charge is 0.295 e. The highest BCUT2D eigenvalue weighted by atomic mass is 35.5. The van der Waals surface area contributed by atoms with Gasteiger partial charge in [0, 0.05) is 10.6 Å². The van der Waals surface area contributed by atoms with Crippen LogP contribution in [0.5, 0.6) is 0 Å². The number of thiophene rings is 1. The number of hydrogen-bond acceptors (Lipinski definition) is 4. The SMILES string of the molecule is Cc1sc(=O)n(CC(=O)c2ccc(Cl)s2)c1C. The van der Waals surface area contributed by atoms with Gasteiger partial charge >= 0.3 is 4.87 Å². The third kappa shape index (κ3) is 2.51. The largest absolute Gasteiger partial charge is 0.307 e. The molecule has 2 rings (SSSR count). The Morgan fingerprint density at radius 3 is 2.53 bits per heavy atom. The molecule has 0 aliphatic carbocycles. The molecule has 0 unspecified atom stereocenters. The maximum absolute atomic E-state index is 11.9. The maximum atomic E-state index is 11.9. The minimum absolute atomic E-state index is 0.0788. The fraction of sp³-hybridized carbons (Fsp3) is 0.273. The van der Waals surface area contributed by atoms with Crippen molar-refractivity contribution in [1.29, 1.82) is 0 Å². The van der Waals surface area contributed by atoms with Crippen LogP contribution >= 0.6 is 34.3 Å². The van der Waals surface area contributed by atoms with Crippen LogP contribution in [0.2, 0.25) is 4.34 Å². The van der Waals surface area contributed by atoms with Crippen LogP contribution in [-0.2, 0) is 6.54 Å². The predicted octanol–water partition coefficient (Wildman–Crippen LogP) is 3.12. The Hall–Kier alpha value is -0.910. The molecule has 0 saturated heterocycles. The number of carbonyl (C=O) groups is 1. The summed E-state index contributed by atoms with van der Waals surface area (Å²) in [5.41, 5.74) is 0.857. The summed E-state index contributed by atoms with van der Waals surface area (Å²) in [6.07, 6.45) is 0. The number of nitrogens with zero attached hydrogens (tertiary/aromatic N) is 1. The predicted molar refractivity (Wildman–Crippen MR) is 71.7 cm³/mol. The van der Waals surface area contributed by atoms with Gasteiger partial charge in [0.15, 0.2) is 5.78 Å². The number of Topliss-reactive ketones (excluding diaryl/α,β-unsaturated/α-hetero) is 1. The van der Waals surface area contributed by atoms with Gasteiger partial charge in [0.05, 0.1) is 15.8 Å². The number of rotatable bonds is 3. The van der Waals surface area contributed by atoms with Crippen LogP contribution in [0, 0.1) is 13.8 Å². The lowest BCUT2D eigenvalue weighted by molar-refractivity contribution is 0.0974. The lowest BCUT2D eigenvalue weighted by atomic mass is 10.3. The van der Waals surface area contributed by atoms with Crippen LogP contribution in [0.3, 0.4) is 0 Å². The molecule has 0 aliphatic rings. The topological polar surface area (TPSA) is 39.1 Å². The number of aryl methyl sites for hydroxylation is 1. The summed E-state index contributed by atoms with van der Waals surface area (Å²) in [6, 6.07) is 3.38. The first kappa shape index (κ1) is 12.5. The van der Waals surface area contributed by atoms with E-state index in [1.54, 1.807) is 12.1 Å². The van der Waals surface area contributed by atoms with Crippen LogP contribution in [0.4, 0.5) is 0 Å². The van der Waals surface area contributed by atoms with E-state index in [4.69, 9.17) is 11.6 Å². The summed E-state index contributed by atoms with van der Waals surface area (Å²) >= 11 is 8.18. The Morgan fingerprint density at radius 2 is 2.06 bits per heavy atom. The number of ketones is 1. The monoisotopic (exact) mass is 287 g/mol. The van der Waals surface area contributed by atoms with Crippen molar-refractivity contribution in [3.05, 3.63) is 41.6 Å². The highest BCUT2D eigenvalue weighted by Gasteiger charge is 2.14. The standard InChI is InChI=1S/C11H10ClNO2S2/c1-6-7(2)16-11(15)13(6)5-8(14)9-3-4-10(12)17-9/h3-4H,5H2,1-2H3. The second-order valence-electron chi connectivity index (χ2n) is 3.62. The molecule has 0 atom stereocenters. The molecular weight excluding hydrogens is 278 g/mol. The van der Waals surface area contributed by atoms with Gasteiger partial charge < -0.3 is 0 Å². The average molecular weight is 288 g/mol. The zero-order chi connectivity index (χ0) is 12.6. The molecule has 2 aromatic rings. The number of thiazole rings is 1. The maximum Gasteiger partial charge on any atom is 0.307 e. The number of halogens is 1. The summed E-state index contributed by atoms with van der Waals surface area (Å²) in [5, 5.41) is 0. The van der Waals surface area contributed by atoms with Gasteiger partial charge in [0.2, 0.25) is 0 Å². The van der Waals surface area contributed by atoms with Crippen LogP contribution in [0.15, 0.2) is 16.9 Å². The van der Waals surface area contributed by atoms with Crippen molar-refractivity contribution in [3.8, 4) is 0 Å². The van der Waals surface area contributed by atoms with E-state index in [0.717, 1.165) is 10.6 Å². The lowest BCUT2D eigenvalue weighted by Gasteiger charge is -2.02. The van der Waals surface area contributed by atoms with E-state index < -0.39 is 0 Å². The van der Waals surface area contributed by atoms with Gasteiger partial charge in [-0.2, -0.15) is 0 Å². The fourth-order valence-electron chi connectivity index (χ4n) is 1.46. The number of carbonyl (C=O) groups excluding carboxylic acids is 1. The second-order valence-corrected chi connectivity index (χ2v) is 6.50. The van der Waals surface area contributed by atoms with Crippen LogP contribution in [-0.4, -0.2) is 10.4 Å². The van der Waals surface area contributed by atoms with Crippen LogP contribution in [0.1, 0.15) is 20.2 Å². The summed E-state index contributed by atoms with van der Waals surface area (Å²) in [4.78, 5) is 25.0.